The van der Waals surface area contributed by atoms with Crippen molar-refractivity contribution >= 4 is 44.1 Å². The van der Waals surface area contributed by atoms with Crippen LogP contribution in [-0.2, 0) is 48.6 Å². The molecule has 17 heteroatoms. The van der Waals surface area contributed by atoms with Crippen molar-refractivity contribution in [3.05, 3.63) is 41.0 Å². The molecule has 0 radical (unpaired) electrons. The van der Waals surface area contributed by atoms with Gasteiger partial charge in [0, 0.05) is 0 Å². The van der Waals surface area contributed by atoms with Crippen molar-refractivity contribution in [3.63, 3.8) is 0 Å². The molecule has 1 aromatic carbocycles. The molecule has 0 saturated carbocycles. The number of rotatable bonds is 19. The van der Waals surface area contributed by atoms with E-state index in [1.807, 2.05) is 33.8 Å². The molecule has 1 atom stereocenters. The topological polar surface area (TPSA) is 152 Å². The van der Waals surface area contributed by atoms with Crippen LogP contribution in [0.4, 0.5) is 0 Å². The van der Waals surface area contributed by atoms with E-state index in [1.165, 1.54) is 11.3 Å². The first-order valence-electron chi connectivity index (χ1n) is 15.5. The van der Waals surface area contributed by atoms with Crippen LogP contribution in [0.15, 0.2) is 24.3 Å². The maximum atomic E-state index is 11.4. The Bertz CT molecular complexity index is 1340. The predicted octanol–water partition coefficient (Wildman–Crippen LogP) is 7.94. The number of benzene rings is 1. The summed E-state index contributed by atoms with van der Waals surface area (Å²) in [5.74, 6) is 6.76. The Morgan fingerprint density at radius 1 is 0.913 bits per heavy atom. The molecule has 0 amide bonds. The molecule has 2 aromatic rings. The number of unbranched alkanes of at least 4 members (excludes halogenated alkanes) is 5. The average Bonchev–Trinajstić information content (AvgIpc) is 3.41. The fourth-order valence-electron chi connectivity index (χ4n) is 5.42. The fourth-order valence-corrected chi connectivity index (χ4v) is 12.4. The SMILES string of the molecule is CCO[PH]1(Cc2cc(-c3ccc(O[PH](=O)O)s3)c(C[PH]3(OCC)OC(C)O3)cc2C#CCCCCCCCOP(O)O)OC(C)O1. The van der Waals surface area contributed by atoms with Crippen molar-refractivity contribution in [2.24, 2.45) is 0 Å². The minimum absolute atomic E-state index is 0.335. The van der Waals surface area contributed by atoms with Crippen LogP contribution in [0, 0.1) is 11.8 Å². The van der Waals surface area contributed by atoms with Crippen molar-refractivity contribution in [2.75, 3.05) is 19.8 Å². The van der Waals surface area contributed by atoms with Crippen LogP contribution in [-0.4, -0.2) is 47.1 Å². The molecule has 46 heavy (non-hydrogen) atoms. The Labute approximate surface area is 278 Å². The van der Waals surface area contributed by atoms with Gasteiger partial charge in [0.2, 0.25) is 0 Å². The van der Waals surface area contributed by atoms with E-state index in [0.29, 0.717) is 37.2 Å². The van der Waals surface area contributed by atoms with Crippen molar-refractivity contribution in [1.82, 2.24) is 0 Å². The van der Waals surface area contributed by atoms with Gasteiger partial charge >= 0.3 is 264 Å². The molecule has 3 heterocycles. The number of hydrogen-bond donors (Lipinski definition) is 3. The summed E-state index contributed by atoms with van der Waals surface area (Å²) < 4.78 is 57.8. The third kappa shape index (κ3) is 11.2. The van der Waals surface area contributed by atoms with E-state index in [0.717, 1.165) is 65.7 Å². The van der Waals surface area contributed by atoms with Crippen LogP contribution < -0.4 is 4.52 Å². The van der Waals surface area contributed by atoms with Gasteiger partial charge in [0.25, 0.3) is 0 Å². The molecule has 2 saturated heterocycles. The molecule has 2 fully saturated rings. The summed E-state index contributed by atoms with van der Waals surface area (Å²) >= 11 is 1.28. The summed E-state index contributed by atoms with van der Waals surface area (Å²) in [6.45, 7) is 8.78. The Balaban J connectivity index is 1.62. The second-order valence-electron chi connectivity index (χ2n) is 10.8. The number of hydrogen-bond acceptors (Lipinski definition) is 12. The zero-order chi connectivity index (χ0) is 33.2. The van der Waals surface area contributed by atoms with E-state index in [1.54, 1.807) is 6.07 Å². The Hall–Kier alpha value is -0.600. The predicted molar refractivity (Wildman–Crippen MR) is 184 cm³/mol. The van der Waals surface area contributed by atoms with Crippen molar-refractivity contribution < 1.29 is 55.4 Å². The molecule has 12 nitrogen and oxygen atoms in total. The van der Waals surface area contributed by atoms with Gasteiger partial charge in [-0.15, -0.1) is 0 Å². The first-order valence-corrected chi connectivity index (χ1v) is 22.6. The maximum absolute atomic E-state index is 11.4. The summed E-state index contributed by atoms with van der Waals surface area (Å²) in [5, 5.41) is 0.346. The Morgan fingerprint density at radius 3 is 2.11 bits per heavy atom. The summed E-state index contributed by atoms with van der Waals surface area (Å²) in [6.07, 6.45) is 5.61. The Morgan fingerprint density at radius 2 is 1.52 bits per heavy atom. The number of thiophene rings is 1. The molecule has 0 aliphatic carbocycles. The van der Waals surface area contributed by atoms with E-state index in [2.05, 4.69) is 24.0 Å². The zero-order valence-corrected chi connectivity index (χ0v) is 31.3. The van der Waals surface area contributed by atoms with Crippen LogP contribution in [0.2, 0.25) is 0 Å². The quantitative estimate of drug-likeness (QED) is 0.0728. The van der Waals surface area contributed by atoms with Gasteiger partial charge in [0.15, 0.2) is 0 Å². The molecule has 2 aliphatic rings. The van der Waals surface area contributed by atoms with Gasteiger partial charge in [0.1, 0.15) is 0 Å². The van der Waals surface area contributed by atoms with Crippen LogP contribution in [0.1, 0.15) is 82.9 Å². The monoisotopic (exact) mass is 742 g/mol. The molecule has 4 rings (SSSR count). The summed E-state index contributed by atoms with van der Waals surface area (Å²) in [6, 6.07) is 7.68. The molecule has 0 spiro atoms. The van der Waals surface area contributed by atoms with E-state index in [9.17, 15) is 9.46 Å². The van der Waals surface area contributed by atoms with E-state index < -0.39 is 32.7 Å². The normalized spacial score (nSPS) is 21.8. The fraction of sp³-hybridized carbons (Fsp3) is 0.586. The average molecular weight is 743 g/mol. The molecule has 1 unspecified atom stereocenters. The van der Waals surface area contributed by atoms with Crippen LogP contribution in [0.25, 0.3) is 10.4 Å². The molecule has 260 valence electrons. The molecular formula is C29H46O12P4S. The summed E-state index contributed by atoms with van der Waals surface area (Å²) in [5.41, 5.74) is 3.58. The van der Waals surface area contributed by atoms with Gasteiger partial charge in [-0.25, -0.2) is 0 Å². The molecule has 2 aliphatic heterocycles. The second kappa shape index (κ2) is 18.4. The van der Waals surface area contributed by atoms with Crippen LogP contribution in [0.5, 0.6) is 5.06 Å². The summed E-state index contributed by atoms with van der Waals surface area (Å²) in [7, 11) is -11.3. The van der Waals surface area contributed by atoms with Crippen LogP contribution >= 0.6 is 44.1 Å². The van der Waals surface area contributed by atoms with Crippen molar-refractivity contribution in [1.29, 1.82) is 0 Å². The van der Waals surface area contributed by atoms with Gasteiger partial charge in [-0.2, -0.15) is 0 Å². The standard InChI is InChI=1S/C29H46O12P4S/c1-5-35-44(38-22(3)39-44)20-25-19-27(28-15-16-29(46-28)37-43(32)33)26(21-45(36-6-2)40-23(4)41-45)18-24(25)14-12-10-8-7-9-11-13-17-34-42(30)31/h15-16,18-19,22-23,30-31,43-45H,5-11,13,17,20-21H2,1-4H3,(H,32,33). The molecule has 3 N–H and O–H groups in total. The van der Waals surface area contributed by atoms with Crippen molar-refractivity contribution in [2.45, 2.75) is 91.1 Å². The third-order valence-corrected chi connectivity index (χ3v) is 15.0. The molecule has 1 aromatic heterocycles. The van der Waals surface area contributed by atoms with Gasteiger partial charge in [-0.3, -0.25) is 0 Å². The van der Waals surface area contributed by atoms with Crippen LogP contribution in [0.3, 0.4) is 0 Å². The van der Waals surface area contributed by atoms with Crippen molar-refractivity contribution in [3.8, 4) is 27.3 Å². The van der Waals surface area contributed by atoms with Gasteiger partial charge < -0.3 is 14.3 Å². The van der Waals surface area contributed by atoms with E-state index >= 15 is 0 Å². The first kappa shape index (κ1) is 38.2. The van der Waals surface area contributed by atoms with Gasteiger partial charge in [0.05, 0.1) is 0 Å². The van der Waals surface area contributed by atoms with E-state index in [4.69, 9.17) is 46.0 Å². The zero-order valence-electron chi connectivity index (χ0n) is 26.6. The Kier molecular flexibility index (Phi) is 15.3. The minimum atomic E-state index is -3.15. The molecule has 0 bridgehead atoms. The van der Waals surface area contributed by atoms with Gasteiger partial charge in [-0.05, 0) is 0 Å². The summed E-state index contributed by atoms with van der Waals surface area (Å²) in [4.78, 5) is 27.9. The first-order chi connectivity index (χ1) is 22.1. The van der Waals surface area contributed by atoms with Gasteiger partial charge in [-0.1, -0.05) is 0 Å². The molecular weight excluding hydrogens is 696 g/mol. The third-order valence-electron chi connectivity index (χ3n) is 7.16. The van der Waals surface area contributed by atoms with E-state index in [-0.39, 0.29) is 12.6 Å². The second-order valence-corrected chi connectivity index (χ2v) is 18.3.